The molecule has 5 heteroatoms. The molecule has 98 valence electrons. The molecule has 0 atom stereocenters. The summed E-state index contributed by atoms with van der Waals surface area (Å²) in [5, 5.41) is 9.16. The smallest absolute Gasteiger partial charge is 0.125 e. The van der Waals surface area contributed by atoms with E-state index in [1.165, 1.54) is 0 Å². The number of fused-ring (bicyclic) bond motifs is 1. The van der Waals surface area contributed by atoms with Gasteiger partial charge in [0.05, 0.1) is 23.5 Å². The van der Waals surface area contributed by atoms with Crippen LogP contribution in [0, 0.1) is 11.3 Å². The van der Waals surface area contributed by atoms with Gasteiger partial charge in [0.2, 0.25) is 0 Å². The number of alkyl halides is 1. The van der Waals surface area contributed by atoms with Gasteiger partial charge in [0.15, 0.2) is 0 Å². The summed E-state index contributed by atoms with van der Waals surface area (Å²) < 4.78 is 2.03. The molecule has 2 aromatic heterocycles. The third kappa shape index (κ3) is 2.13. The van der Waals surface area contributed by atoms with Crippen LogP contribution in [-0.2, 0) is 12.4 Å². The maximum atomic E-state index is 9.16. The summed E-state index contributed by atoms with van der Waals surface area (Å²) in [4.78, 5) is 8.60. The molecule has 4 nitrogen and oxygen atoms in total. The molecule has 3 rings (SSSR count). The molecule has 0 aliphatic carbocycles. The number of benzene rings is 1. The zero-order valence-electron chi connectivity index (χ0n) is 10.6. The van der Waals surface area contributed by atoms with E-state index in [-0.39, 0.29) is 0 Å². The topological polar surface area (TPSA) is 54.5 Å². The van der Waals surface area contributed by atoms with Gasteiger partial charge in [-0.25, -0.2) is 4.98 Å². The van der Waals surface area contributed by atoms with Gasteiger partial charge in [0.1, 0.15) is 17.4 Å². The first kappa shape index (κ1) is 12.6. The van der Waals surface area contributed by atoms with E-state index in [2.05, 4.69) is 16.0 Å². The Balaban J connectivity index is 2.17. The lowest BCUT2D eigenvalue weighted by Crippen LogP contribution is -2.03. The molecule has 0 spiro atoms. The van der Waals surface area contributed by atoms with E-state index >= 15 is 0 Å². The largest absolute Gasteiger partial charge is 0.322 e. The molecule has 0 amide bonds. The number of aromatic nitrogens is 3. The van der Waals surface area contributed by atoms with Gasteiger partial charge >= 0.3 is 0 Å². The number of imidazole rings is 1. The lowest BCUT2D eigenvalue weighted by atomic mass is 10.2. The molecule has 0 aliphatic heterocycles. The average molecular weight is 283 g/mol. The minimum atomic E-state index is 0.305. The lowest BCUT2D eigenvalue weighted by molar-refractivity contribution is 0.775. The maximum Gasteiger partial charge on any atom is 0.125 e. The third-order valence-electron chi connectivity index (χ3n) is 3.16. The van der Waals surface area contributed by atoms with Crippen LogP contribution in [0.25, 0.3) is 11.0 Å². The van der Waals surface area contributed by atoms with Crippen LogP contribution in [0.5, 0.6) is 0 Å². The highest BCUT2D eigenvalue weighted by molar-refractivity contribution is 6.16. The molecule has 3 aromatic rings. The first-order chi connectivity index (χ1) is 9.83. The Morgan fingerprint density at radius 1 is 1.25 bits per heavy atom. The van der Waals surface area contributed by atoms with Crippen molar-refractivity contribution in [2.75, 3.05) is 0 Å². The van der Waals surface area contributed by atoms with Gasteiger partial charge in [-0.2, -0.15) is 5.26 Å². The van der Waals surface area contributed by atoms with Crippen LogP contribution in [-0.4, -0.2) is 14.5 Å². The second kappa shape index (κ2) is 5.32. The van der Waals surface area contributed by atoms with Gasteiger partial charge in [-0.3, -0.25) is 4.98 Å². The van der Waals surface area contributed by atoms with E-state index < -0.39 is 0 Å². The van der Waals surface area contributed by atoms with Gasteiger partial charge in [0.25, 0.3) is 0 Å². The summed E-state index contributed by atoms with van der Waals surface area (Å²) in [5.74, 6) is 1.06. The van der Waals surface area contributed by atoms with Crippen LogP contribution in [0.3, 0.4) is 0 Å². The Kier molecular flexibility index (Phi) is 3.36. The van der Waals surface area contributed by atoms with Crippen molar-refractivity contribution in [1.82, 2.24) is 14.5 Å². The highest BCUT2D eigenvalue weighted by Gasteiger charge is 2.13. The van der Waals surface area contributed by atoms with Crippen molar-refractivity contribution in [2.45, 2.75) is 12.4 Å². The molecule has 0 fully saturated rings. The number of halogens is 1. The minimum absolute atomic E-state index is 0.305. The standard InChI is InChI=1S/C15H11ClN4/c16-7-14-19-15-12(8-17)4-1-5-13(15)20(14)10-11-3-2-6-18-9-11/h1-6,9H,7,10H2. The lowest BCUT2D eigenvalue weighted by Gasteiger charge is -2.07. The van der Waals surface area contributed by atoms with Crippen molar-refractivity contribution in [2.24, 2.45) is 0 Å². The quantitative estimate of drug-likeness (QED) is 0.694. The molecule has 0 saturated heterocycles. The van der Waals surface area contributed by atoms with Crippen LogP contribution in [0.4, 0.5) is 0 Å². The molecule has 1 aromatic carbocycles. The SMILES string of the molecule is N#Cc1cccc2c1nc(CCl)n2Cc1cccnc1. The average Bonchev–Trinajstić information content (AvgIpc) is 2.86. The van der Waals surface area contributed by atoms with Crippen molar-refractivity contribution in [3.05, 3.63) is 59.7 Å². The Morgan fingerprint density at radius 2 is 2.15 bits per heavy atom. The number of nitrogens with zero attached hydrogens (tertiary/aromatic N) is 4. The highest BCUT2D eigenvalue weighted by Crippen LogP contribution is 2.22. The number of nitriles is 1. The van der Waals surface area contributed by atoms with Gasteiger partial charge < -0.3 is 4.57 Å². The molecule has 2 heterocycles. The van der Waals surface area contributed by atoms with Crippen LogP contribution in [0.15, 0.2) is 42.7 Å². The van der Waals surface area contributed by atoms with E-state index in [0.717, 1.165) is 16.9 Å². The summed E-state index contributed by atoms with van der Waals surface area (Å²) in [6, 6.07) is 11.7. The van der Waals surface area contributed by atoms with Crippen molar-refractivity contribution in [1.29, 1.82) is 5.26 Å². The zero-order chi connectivity index (χ0) is 13.9. The van der Waals surface area contributed by atoms with Gasteiger partial charge in [0, 0.05) is 12.4 Å². The van der Waals surface area contributed by atoms with Crippen molar-refractivity contribution in [3.63, 3.8) is 0 Å². The van der Waals surface area contributed by atoms with Crippen LogP contribution < -0.4 is 0 Å². The number of hydrogen-bond donors (Lipinski definition) is 0. The summed E-state index contributed by atoms with van der Waals surface area (Å²) in [6.07, 6.45) is 3.56. The van der Waals surface area contributed by atoms with E-state index in [9.17, 15) is 0 Å². The predicted octanol–water partition coefficient (Wildman–Crippen LogP) is 3.09. The van der Waals surface area contributed by atoms with Gasteiger partial charge in [-0.05, 0) is 23.8 Å². The minimum Gasteiger partial charge on any atom is -0.322 e. The normalized spacial score (nSPS) is 10.6. The van der Waals surface area contributed by atoms with Crippen molar-refractivity contribution in [3.8, 4) is 6.07 Å². The van der Waals surface area contributed by atoms with E-state index in [4.69, 9.17) is 16.9 Å². The molecule has 0 N–H and O–H groups in total. The van der Waals surface area contributed by atoms with Crippen molar-refractivity contribution >= 4 is 22.6 Å². The monoisotopic (exact) mass is 282 g/mol. The Morgan fingerprint density at radius 3 is 2.85 bits per heavy atom. The van der Waals surface area contributed by atoms with Crippen molar-refractivity contribution < 1.29 is 0 Å². The first-order valence-electron chi connectivity index (χ1n) is 6.16. The molecule has 0 radical (unpaired) electrons. The zero-order valence-corrected chi connectivity index (χ0v) is 11.4. The number of pyridine rings is 1. The summed E-state index contributed by atoms with van der Waals surface area (Å²) in [6.45, 7) is 0.640. The van der Waals surface area contributed by atoms with E-state index in [0.29, 0.717) is 23.5 Å². The molecule has 20 heavy (non-hydrogen) atoms. The second-order valence-corrected chi connectivity index (χ2v) is 4.66. The fourth-order valence-corrected chi connectivity index (χ4v) is 2.44. The highest BCUT2D eigenvalue weighted by atomic mass is 35.5. The second-order valence-electron chi connectivity index (χ2n) is 4.39. The van der Waals surface area contributed by atoms with E-state index in [1.807, 2.05) is 35.0 Å². The molecular weight excluding hydrogens is 272 g/mol. The molecular formula is C15H11ClN4. The van der Waals surface area contributed by atoms with Gasteiger partial charge in [-0.15, -0.1) is 11.6 Å². The Hall–Kier alpha value is -2.38. The van der Waals surface area contributed by atoms with Crippen LogP contribution >= 0.6 is 11.6 Å². The van der Waals surface area contributed by atoms with Crippen LogP contribution in [0.1, 0.15) is 17.0 Å². The third-order valence-corrected chi connectivity index (χ3v) is 3.40. The number of rotatable bonds is 3. The Bertz CT molecular complexity index is 787. The molecule has 0 unspecified atom stereocenters. The van der Waals surface area contributed by atoms with Gasteiger partial charge in [-0.1, -0.05) is 12.1 Å². The number of hydrogen-bond acceptors (Lipinski definition) is 3. The first-order valence-corrected chi connectivity index (χ1v) is 6.70. The summed E-state index contributed by atoms with van der Waals surface area (Å²) >= 11 is 5.98. The fourth-order valence-electron chi connectivity index (χ4n) is 2.24. The maximum absolute atomic E-state index is 9.16. The summed E-state index contributed by atoms with van der Waals surface area (Å²) in [7, 11) is 0. The molecule has 0 bridgehead atoms. The van der Waals surface area contributed by atoms with E-state index in [1.54, 1.807) is 12.3 Å². The summed E-state index contributed by atoms with van der Waals surface area (Å²) in [5.41, 5.74) is 3.26. The number of para-hydroxylation sites is 1. The predicted molar refractivity (Wildman–Crippen MR) is 77.3 cm³/mol. The molecule has 0 aliphatic rings. The van der Waals surface area contributed by atoms with Crippen LogP contribution in [0.2, 0.25) is 0 Å². The Labute approximate surface area is 121 Å². The fraction of sp³-hybridized carbons (Fsp3) is 0.133. The molecule has 0 saturated carbocycles.